The van der Waals surface area contributed by atoms with E-state index in [1.165, 1.54) is 19.3 Å². The minimum atomic E-state index is -0.663. The normalized spacial score (nSPS) is 27.2. The van der Waals surface area contributed by atoms with Gasteiger partial charge in [-0.05, 0) is 68.4 Å². The van der Waals surface area contributed by atoms with E-state index in [0.717, 1.165) is 19.3 Å². The largest absolute Gasteiger partial charge is 0.454 e. The number of ether oxygens (including phenoxy) is 1. The van der Waals surface area contributed by atoms with Crippen molar-refractivity contribution in [3.63, 3.8) is 0 Å². The molecule has 0 aliphatic heterocycles. The first-order valence-electron chi connectivity index (χ1n) is 12.4. The van der Waals surface area contributed by atoms with Crippen molar-refractivity contribution in [2.75, 3.05) is 18.5 Å². The maximum absolute atomic E-state index is 13.0. The van der Waals surface area contributed by atoms with Crippen molar-refractivity contribution < 1.29 is 23.9 Å². The molecule has 0 radical (unpaired) electrons. The highest BCUT2D eigenvalue weighted by Crippen LogP contribution is 2.60. The lowest BCUT2D eigenvalue weighted by Gasteiger charge is -2.55. The summed E-state index contributed by atoms with van der Waals surface area (Å²) in [5.41, 5.74) is -0.316. The summed E-state index contributed by atoms with van der Waals surface area (Å²) in [5.74, 6) is 1.03. The Hall–Kier alpha value is -2.70. The molecule has 4 aliphatic carbocycles. The van der Waals surface area contributed by atoms with E-state index in [0.29, 0.717) is 23.4 Å². The fraction of sp³-hybridized carbons (Fsp3) is 0.630. The maximum Gasteiger partial charge on any atom is 0.340 e. The monoisotopic (exact) mass is 468 g/mol. The molecule has 0 aromatic heterocycles. The third-order valence-corrected chi connectivity index (χ3v) is 7.75. The van der Waals surface area contributed by atoms with Gasteiger partial charge in [-0.3, -0.25) is 14.4 Å². The first kappa shape index (κ1) is 24.4. The van der Waals surface area contributed by atoms with Gasteiger partial charge in [-0.15, -0.1) is 0 Å². The second kappa shape index (κ2) is 9.51. The number of amides is 2. The number of hydrogen-bond donors (Lipinski definition) is 2. The summed E-state index contributed by atoms with van der Waals surface area (Å²) in [7, 11) is 0. The van der Waals surface area contributed by atoms with Gasteiger partial charge in [0.2, 0.25) is 11.8 Å². The van der Waals surface area contributed by atoms with Gasteiger partial charge in [0.25, 0.3) is 0 Å². The number of ketones is 1. The highest BCUT2D eigenvalue weighted by molar-refractivity contribution is 6.02. The second-order valence-corrected chi connectivity index (χ2v) is 11.5. The van der Waals surface area contributed by atoms with Crippen LogP contribution < -0.4 is 10.6 Å². The van der Waals surface area contributed by atoms with Crippen LogP contribution in [0.15, 0.2) is 24.3 Å². The van der Waals surface area contributed by atoms with Gasteiger partial charge in [0, 0.05) is 23.8 Å². The molecule has 7 nitrogen and oxygen atoms in total. The summed E-state index contributed by atoms with van der Waals surface area (Å²) in [5, 5.41) is 5.75. The molecule has 0 saturated heterocycles. The molecule has 4 saturated carbocycles. The molecular weight excluding hydrogens is 432 g/mol. The van der Waals surface area contributed by atoms with E-state index in [4.69, 9.17) is 4.74 Å². The van der Waals surface area contributed by atoms with Crippen LogP contribution in [0.1, 0.15) is 76.1 Å². The number of carbonyl (C=O) groups is 4. The third kappa shape index (κ3) is 5.34. The van der Waals surface area contributed by atoms with Crippen LogP contribution in [0.4, 0.5) is 5.69 Å². The first-order valence-corrected chi connectivity index (χ1v) is 12.4. The molecule has 0 unspecified atom stereocenters. The SMILES string of the molecule is CC(C)(C)C(=O)COC(=O)c1ccccc1NC(=O)CCNC(=O)C12CC3CC(CC(C3)C1)C2. The molecule has 4 aliphatic rings. The number of benzene rings is 1. The Bertz CT molecular complexity index is 942. The van der Waals surface area contributed by atoms with Crippen molar-refractivity contribution in [2.45, 2.75) is 65.7 Å². The average Bonchev–Trinajstić information content (AvgIpc) is 2.76. The molecule has 184 valence electrons. The lowest BCUT2D eigenvalue weighted by atomic mass is 9.49. The van der Waals surface area contributed by atoms with Crippen molar-refractivity contribution in [3.05, 3.63) is 29.8 Å². The van der Waals surface area contributed by atoms with Crippen LogP contribution in [0.2, 0.25) is 0 Å². The third-order valence-electron chi connectivity index (χ3n) is 7.75. The van der Waals surface area contributed by atoms with E-state index in [9.17, 15) is 19.2 Å². The molecule has 2 amide bonds. The molecule has 5 rings (SSSR count). The minimum Gasteiger partial charge on any atom is -0.454 e. The Morgan fingerprint density at radius 3 is 2.15 bits per heavy atom. The van der Waals surface area contributed by atoms with Crippen molar-refractivity contribution in [2.24, 2.45) is 28.6 Å². The lowest BCUT2D eigenvalue weighted by Crippen LogP contribution is -2.53. The van der Waals surface area contributed by atoms with E-state index in [1.54, 1.807) is 45.0 Å². The Morgan fingerprint density at radius 1 is 0.971 bits per heavy atom. The van der Waals surface area contributed by atoms with Gasteiger partial charge in [0.1, 0.15) is 0 Å². The molecule has 4 fully saturated rings. The molecule has 0 heterocycles. The predicted molar refractivity (Wildman–Crippen MR) is 128 cm³/mol. The van der Waals surface area contributed by atoms with Crippen LogP contribution in [0, 0.1) is 28.6 Å². The zero-order valence-corrected chi connectivity index (χ0v) is 20.4. The summed E-state index contributed by atoms with van der Waals surface area (Å²) in [6.45, 7) is 5.23. The Morgan fingerprint density at radius 2 is 1.56 bits per heavy atom. The highest BCUT2D eigenvalue weighted by atomic mass is 16.5. The number of carbonyl (C=O) groups excluding carboxylic acids is 4. The molecule has 2 N–H and O–H groups in total. The standard InChI is InChI=1S/C27H36N2O5/c1-26(2,3)22(30)16-34-24(32)20-6-4-5-7-21(20)29-23(31)8-9-28-25(33)27-13-17-10-18(14-27)12-19(11-17)15-27/h4-7,17-19H,8-16H2,1-3H3,(H,28,33)(H,29,31). The molecular formula is C27H36N2O5. The quantitative estimate of drug-likeness (QED) is 0.559. The topological polar surface area (TPSA) is 102 Å². The molecule has 34 heavy (non-hydrogen) atoms. The molecule has 0 atom stereocenters. The summed E-state index contributed by atoms with van der Waals surface area (Å²) in [4.78, 5) is 50.2. The smallest absolute Gasteiger partial charge is 0.340 e. The van der Waals surface area contributed by atoms with E-state index >= 15 is 0 Å². The first-order chi connectivity index (χ1) is 16.1. The van der Waals surface area contributed by atoms with E-state index < -0.39 is 11.4 Å². The van der Waals surface area contributed by atoms with Gasteiger partial charge in [-0.2, -0.15) is 0 Å². The minimum absolute atomic E-state index is 0.104. The van der Waals surface area contributed by atoms with Crippen LogP contribution in [-0.2, 0) is 19.1 Å². The Balaban J connectivity index is 1.27. The van der Waals surface area contributed by atoms with Crippen molar-refractivity contribution >= 4 is 29.3 Å². The fourth-order valence-electron chi connectivity index (χ4n) is 6.27. The fourth-order valence-corrected chi connectivity index (χ4v) is 6.27. The van der Waals surface area contributed by atoms with Crippen LogP contribution in [-0.4, -0.2) is 36.7 Å². The van der Waals surface area contributed by atoms with Gasteiger partial charge in [-0.25, -0.2) is 4.79 Å². The lowest BCUT2D eigenvalue weighted by molar-refractivity contribution is -0.146. The molecule has 4 bridgehead atoms. The van der Waals surface area contributed by atoms with E-state index in [-0.39, 0.29) is 48.1 Å². The second-order valence-electron chi connectivity index (χ2n) is 11.5. The van der Waals surface area contributed by atoms with Gasteiger partial charge in [-0.1, -0.05) is 32.9 Å². The van der Waals surface area contributed by atoms with Crippen molar-refractivity contribution in [1.29, 1.82) is 0 Å². The number of nitrogens with one attached hydrogen (secondary N) is 2. The number of rotatable bonds is 8. The van der Waals surface area contributed by atoms with Gasteiger partial charge < -0.3 is 15.4 Å². The Kier molecular flexibility index (Phi) is 6.83. The van der Waals surface area contributed by atoms with Crippen LogP contribution in [0.25, 0.3) is 0 Å². The molecule has 1 aromatic rings. The summed E-state index contributed by atoms with van der Waals surface area (Å²) >= 11 is 0. The number of anilines is 1. The molecule has 1 aromatic carbocycles. The van der Waals surface area contributed by atoms with Gasteiger partial charge >= 0.3 is 5.97 Å². The summed E-state index contributed by atoms with van der Waals surface area (Å²) < 4.78 is 5.17. The number of hydrogen-bond acceptors (Lipinski definition) is 5. The van der Waals surface area contributed by atoms with E-state index in [1.807, 2.05) is 0 Å². The van der Waals surface area contributed by atoms with Crippen LogP contribution in [0.5, 0.6) is 0 Å². The average molecular weight is 469 g/mol. The van der Waals surface area contributed by atoms with Crippen molar-refractivity contribution in [3.8, 4) is 0 Å². The van der Waals surface area contributed by atoms with Gasteiger partial charge in [0.05, 0.1) is 11.3 Å². The predicted octanol–water partition coefficient (Wildman–Crippen LogP) is 4.12. The molecule has 7 heteroatoms. The zero-order chi connectivity index (χ0) is 24.5. The molecule has 0 spiro atoms. The van der Waals surface area contributed by atoms with Crippen molar-refractivity contribution in [1.82, 2.24) is 5.32 Å². The summed E-state index contributed by atoms with van der Waals surface area (Å²) in [6, 6.07) is 6.55. The van der Waals surface area contributed by atoms with Gasteiger partial charge in [0.15, 0.2) is 12.4 Å². The number of esters is 1. The number of para-hydroxylation sites is 1. The zero-order valence-electron chi connectivity index (χ0n) is 20.4. The maximum atomic E-state index is 13.0. The highest BCUT2D eigenvalue weighted by Gasteiger charge is 2.54. The van der Waals surface area contributed by atoms with Crippen LogP contribution >= 0.6 is 0 Å². The number of Topliss-reactive ketones (excluding diaryl/α,β-unsaturated/α-hetero) is 1. The van der Waals surface area contributed by atoms with E-state index in [2.05, 4.69) is 10.6 Å². The van der Waals surface area contributed by atoms with Crippen LogP contribution in [0.3, 0.4) is 0 Å². The Labute approximate surface area is 201 Å². The summed E-state index contributed by atoms with van der Waals surface area (Å²) in [6.07, 6.45) is 6.92.